The molecule has 1 aromatic carbocycles. The Bertz CT molecular complexity index is 668. The molecule has 0 spiro atoms. The van der Waals surface area contributed by atoms with E-state index in [1.54, 1.807) is 6.07 Å². The van der Waals surface area contributed by atoms with Crippen molar-refractivity contribution in [2.24, 2.45) is 0 Å². The summed E-state index contributed by atoms with van der Waals surface area (Å²) < 4.78 is 32.0. The van der Waals surface area contributed by atoms with Crippen molar-refractivity contribution in [3.05, 3.63) is 42.0 Å². The molecule has 0 amide bonds. The lowest BCUT2D eigenvalue weighted by molar-refractivity contribution is 0.281. The predicted molar refractivity (Wildman–Crippen MR) is 71.5 cm³/mol. The van der Waals surface area contributed by atoms with Crippen LogP contribution >= 0.6 is 0 Å². The van der Waals surface area contributed by atoms with Gasteiger partial charge >= 0.3 is 0 Å². The number of aliphatic hydroxyl groups is 1. The first-order valence-electron chi connectivity index (χ1n) is 5.81. The first-order valence-corrected chi connectivity index (χ1v) is 7.30. The van der Waals surface area contributed by atoms with Crippen LogP contribution in [-0.2, 0) is 23.2 Å². The number of rotatable bonds is 6. The number of sulfonamides is 1. The van der Waals surface area contributed by atoms with Gasteiger partial charge < -0.3 is 14.8 Å². The van der Waals surface area contributed by atoms with Gasteiger partial charge in [0.25, 0.3) is 0 Å². The largest absolute Gasteiger partial charge is 0.495 e. The van der Waals surface area contributed by atoms with Crippen molar-refractivity contribution in [2.45, 2.75) is 18.0 Å². The maximum atomic E-state index is 12.3. The Morgan fingerprint density at radius 2 is 2.25 bits per heavy atom. The first-order chi connectivity index (χ1) is 9.56. The number of methoxy groups -OCH3 is 1. The maximum Gasteiger partial charge on any atom is 0.244 e. The highest BCUT2D eigenvalue weighted by molar-refractivity contribution is 7.89. The van der Waals surface area contributed by atoms with Crippen molar-refractivity contribution in [3.8, 4) is 5.75 Å². The summed E-state index contributed by atoms with van der Waals surface area (Å²) in [6.45, 7) is -0.151. The summed E-state index contributed by atoms with van der Waals surface area (Å²) in [6.07, 6.45) is 3.00. The summed E-state index contributed by atoms with van der Waals surface area (Å²) in [5.41, 5.74) is 1.14. The second kappa shape index (κ2) is 6.04. The van der Waals surface area contributed by atoms with Gasteiger partial charge in [0.05, 0.1) is 26.6 Å². The molecule has 0 fully saturated rings. The van der Waals surface area contributed by atoms with Crippen LogP contribution in [0.15, 0.2) is 35.6 Å². The first kappa shape index (κ1) is 14.5. The maximum absolute atomic E-state index is 12.3. The molecule has 0 radical (unpaired) electrons. The molecule has 1 heterocycles. The summed E-state index contributed by atoms with van der Waals surface area (Å²) in [4.78, 5) is 6.60. The van der Waals surface area contributed by atoms with Crippen molar-refractivity contribution < 1.29 is 18.3 Å². The number of hydrogen-bond donors (Lipinski definition) is 3. The molecule has 7 nitrogen and oxygen atoms in total. The molecule has 8 heteroatoms. The third-order valence-corrected chi connectivity index (χ3v) is 4.13. The number of imidazole rings is 1. The number of H-pyrrole nitrogens is 1. The van der Waals surface area contributed by atoms with Crippen LogP contribution < -0.4 is 9.46 Å². The van der Waals surface area contributed by atoms with Gasteiger partial charge in [0.1, 0.15) is 10.6 Å². The topological polar surface area (TPSA) is 104 Å². The van der Waals surface area contributed by atoms with E-state index in [-0.39, 0.29) is 23.8 Å². The zero-order valence-electron chi connectivity index (χ0n) is 10.8. The van der Waals surface area contributed by atoms with Crippen LogP contribution in [0.3, 0.4) is 0 Å². The van der Waals surface area contributed by atoms with Gasteiger partial charge in [-0.2, -0.15) is 0 Å². The third-order valence-electron chi connectivity index (χ3n) is 2.71. The van der Waals surface area contributed by atoms with Gasteiger partial charge in [0, 0.05) is 11.9 Å². The summed E-state index contributed by atoms with van der Waals surface area (Å²) >= 11 is 0. The highest BCUT2D eigenvalue weighted by atomic mass is 32.2. The van der Waals surface area contributed by atoms with Crippen LogP contribution in [0, 0.1) is 0 Å². The number of aromatic nitrogens is 2. The Hall–Kier alpha value is -1.90. The Balaban J connectivity index is 2.28. The van der Waals surface area contributed by atoms with E-state index in [1.807, 2.05) is 0 Å². The third kappa shape index (κ3) is 3.16. The number of aliphatic hydroxyl groups excluding tert-OH is 1. The molecule has 108 valence electrons. The van der Waals surface area contributed by atoms with Crippen molar-refractivity contribution in [1.29, 1.82) is 0 Å². The van der Waals surface area contributed by atoms with Gasteiger partial charge in [0.15, 0.2) is 0 Å². The minimum atomic E-state index is -3.75. The van der Waals surface area contributed by atoms with E-state index in [4.69, 9.17) is 9.84 Å². The van der Waals surface area contributed by atoms with Crippen molar-refractivity contribution in [2.75, 3.05) is 7.11 Å². The normalized spacial score (nSPS) is 11.5. The number of ether oxygens (including phenoxy) is 1. The number of nitrogens with zero attached hydrogens (tertiary/aromatic N) is 1. The standard InChI is InChI=1S/C12H15N3O4S/c1-19-11-3-2-9(7-16)4-12(11)20(17,18)15-6-10-5-13-8-14-10/h2-5,8,15-16H,6-7H2,1H3,(H,13,14). The van der Waals surface area contributed by atoms with Gasteiger partial charge in [-0.15, -0.1) is 0 Å². The molecule has 2 rings (SSSR count). The van der Waals surface area contributed by atoms with Gasteiger partial charge in [-0.1, -0.05) is 6.07 Å². The molecule has 20 heavy (non-hydrogen) atoms. The zero-order chi connectivity index (χ0) is 14.6. The predicted octanol–water partition coefficient (Wildman–Crippen LogP) is 0.389. The fourth-order valence-electron chi connectivity index (χ4n) is 1.66. The molecular weight excluding hydrogens is 282 g/mol. The van der Waals surface area contributed by atoms with Crippen LogP contribution in [0.2, 0.25) is 0 Å². The van der Waals surface area contributed by atoms with E-state index >= 15 is 0 Å². The number of benzene rings is 1. The summed E-state index contributed by atoms with van der Waals surface area (Å²) in [7, 11) is -2.35. The zero-order valence-corrected chi connectivity index (χ0v) is 11.6. The molecule has 0 aliphatic carbocycles. The minimum absolute atomic E-state index is 0.00827. The molecule has 0 atom stereocenters. The van der Waals surface area contributed by atoms with E-state index < -0.39 is 10.0 Å². The molecule has 0 aliphatic heterocycles. The smallest absolute Gasteiger partial charge is 0.244 e. The highest BCUT2D eigenvalue weighted by Crippen LogP contribution is 2.24. The van der Waals surface area contributed by atoms with E-state index in [1.165, 1.54) is 31.8 Å². The molecule has 0 saturated heterocycles. The second-order valence-corrected chi connectivity index (χ2v) is 5.78. The highest BCUT2D eigenvalue weighted by Gasteiger charge is 2.20. The second-order valence-electron chi connectivity index (χ2n) is 4.04. The Kier molecular flexibility index (Phi) is 4.38. The molecule has 3 N–H and O–H groups in total. The lowest BCUT2D eigenvalue weighted by atomic mass is 10.2. The number of nitrogens with one attached hydrogen (secondary N) is 2. The fraction of sp³-hybridized carbons (Fsp3) is 0.250. The molecule has 0 bridgehead atoms. The Labute approximate surface area is 116 Å². The number of hydrogen-bond acceptors (Lipinski definition) is 5. The van der Waals surface area contributed by atoms with Gasteiger partial charge in [0.2, 0.25) is 10.0 Å². The lowest BCUT2D eigenvalue weighted by Crippen LogP contribution is -2.24. The van der Waals surface area contributed by atoms with Crippen LogP contribution in [0.5, 0.6) is 5.75 Å². The van der Waals surface area contributed by atoms with Crippen molar-refractivity contribution >= 4 is 10.0 Å². The summed E-state index contributed by atoms with van der Waals surface area (Å²) in [5.74, 6) is 0.222. The van der Waals surface area contributed by atoms with Gasteiger partial charge in [-0.25, -0.2) is 18.1 Å². The average molecular weight is 297 g/mol. The van der Waals surface area contributed by atoms with Crippen molar-refractivity contribution in [1.82, 2.24) is 14.7 Å². The lowest BCUT2D eigenvalue weighted by Gasteiger charge is -2.11. The Morgan fingerprint density at radius 3 is 2.85 bits per heavy atom. The monoisotopic (exact) mass is 297 g/mol. The van der Waals surface area contributed by atoms with E-state index in [9.17, 15) is 8.42 Å². The van der Waals surface area contributed by atoms with Crippen LogP contribution in [0.1, 0.15) is 11.3 Å². The summed E-state index contributed by atoms with van der Waals surface area (Å²) in [6, 6.07) is 4.50. The van der Waals surface area contributed by atoms with E-state index in [2.05, 4.69) is 14.7 Å². The average Bonchev–Trinajstić information content (AvgIpc) is 2.98. The minimum Gasteiger partial charge on any atom is -0.495 e. The molecular formula is C12H15N3O4S. The number of aromatic amines is 1. The molecule has 0 saturated carbocycles. The van der Waals surface area contributed by atoms with E-state index in [0.29, 0.717) is 11.3 Å². The van der Waals surface area contributed by atoms with E-state index in [0.717, 1.165) is 0 Å². The quantitative estimate of drug-likeness (QED) is 0.715. The molecule has 1 aromatic heterocycles. The molecule has 0 unspecified atom stereocenters. The van der Waals surface area contributed by atoms with Gasteiger partial charge in [-0.05, 0) is 17.7 Å². The Morgan fingerprint density at radius 1 is 1.45 bits per heavy atom. The van der Waals surface area contributed by atoms with Crippen molar-refractivity contribution in [3.63, 3.8) is 0 Å². The van der Waals surface area contributed by atoms with Crippen LogP contribution in [0.4, 0.5) is 0 Å². The summed E-state index contributed by atoms with van der Waals surface area (Å²) in [5, 5.41) is 9.10. The van der Waals surface area contributed by atoms with Gasteiger partial charge in [-0.3, -0.25) is 0 Å². The fourth-order valence-corrected chi connectivity index (χ4v) is 2.89. The van der Waals surface area contributed by atoms with Crippen LogP contribution in [-0.4, -0.2) is 30.6 Å². The molecule has 0 aliphatic rings. The SMILES string of the molecule is COc1ccc(CO)cc1S(=O)(=O)NCc1cnc[nH]1. The van der Waals surface area contributed by atoms with Crippen LogP contribution in [0.25, 0.3) is 0 Å². The molecule has 2 aromatic rings.